The van der Waals surface area contributed by atoms with Crippen molar-refractivity contribution < 1.29 is 24.0 Å². The zero-order valence-electron chi connectivity index (χ0n) is 11.7. The van der Waals surface area contributed by atoms with Gasteiger partial charge < -0.3 is 10.6 Å². The molecule has 0 aliphatic carbocycles. The van der Waals surface area contributed by atoms with Gasteiger partial charge >= 0.3 is 5.97 Å². The number of nitrogens with two attached hydrogens (primary N) is 1. The number of amides is 3. The van der Waals surface area contributed by atoms with Crippen LogP contribution in [0.2, 0.25) is 0 Å². The summed E-state index contributed by atoms with van der Waals surface area (Å²) in [6.45, 7) is 0. The molecule has 114 valence electrons. The molecule has 0 atom stereocenters. The van der Waals surface area contributed by atoms with Crippen LogP contribution in [0.4, 0.5) is 0 Å². The zero-order chi connectivity index (χ0) is 16.6. The smallest absolute Gasteiger partial charge is 0.363 e. The highest BCUT2D eigenvalue weighted by Crippen LogP contribution is 2.23. The molecule has 0 saturated heterocycles. The van der Waals surface area contributed by atoms with Gasteiger partial charge in [0.05, 0.1) is 16.7 Å². The molecule has 0 spiro atoms. The van der Waals surface area contributed by atoms with Crippen LogP contribution in [0.15, 0.2) is 48.5 Å². The Bertz CT molecular complexity index is 807. The van der Waals surface area contributed by atoms with Gasteiger partial charge in [0.2, 0.25) is 5.91 Å². The zero-order valence-corrected chi connectivity index (χ0v) is 11.7. The van der Waals surface area contributed by atoms with E-state index in [9.17, 15) is 19.2 Å². The van der Waals surface area contributed by atoms with Crippen LogP contribution in [0.25, 0.3) is 0 Å². The summed E-state index contributed by atoms with van der Waals surface area (Å²) in [6.07, 6.45) is 0. The minimum atomic E-state index is -0.893. The molecule has 0 radical (unpaired) electrons. The van der Waals surface area contributed by atoms with Gasteiger partial charge in [-0.1, -0.05) is 17.2 Å². The first kappa shape index (κ1) is 14.5. The van der Waals surface area contributed by atoms with Gasteiger partial charge in [-0.2, -0.15) is 0 Å². The third-order valence-electron chi connectivity index (χ3n) is 3.34. The summed E-state index contributed by atoms with van der Waals surface area (Å²) >= 11 is 0. The highest BCUT2D eigenvalue weighted by molar-refractivity contribution is 6.21. The first-order valence-corrected chi connectivity index (χ1v) is 6.59. The molecular formula is C16H10N2O5. The fraction of sp³-hybridized carbons (Fsp3) is 0. The number of primary amides is 1. The van der Waals surface area contributed by atoms with Gasteiger partial charge in [-0.15, -0.1) is 0 Å². The minimum Gasteiger partial charge on any atom is -0.366 e. The van der Waals surface area contributed by atoms with Crippen molar-refractivity contribution >= 4 is 23.7 Å². The van der Waals surface area contributed by atoms with Crippen molar-refractivity contribution in [2.75, 3.05) is 0 Å². The molecule has 2 aromatic carbocycles. The van der Waals surface area contributed by atoms with Gasteiger partial charge in [0.25, 0.3) is 11.8 Å². The van der Waals surface area contributed by atoms with E-state index in [0.29, 0.717) is 5.06 Å². The van der Waals surface area contributed by atoms with E-state index in [4.69, 9.17) is 10.6 Å². The summed E-state index contributed by atoms with van der Waals surface area (Å²) in [5.74, 6) is -2.93. The van der Waals surface area contributed by atoms with Crippen LogP contribution in [0, 0.1) is 0 Å². The average molecular weight is 310 g/mol. The average Bonchev–Trinajstić information content (AvgIpc) is 2.80. The maximum Gasteiger partial charge on any atom is 0.363 e. The third kappa shape index (κ3) is 2.44. The van der Waals surface area contributed by atoms with Crippen LogP contribution < -0.4 is 5.73 Å². The number of carbonyl (C=O) groups excluding carboxylic acids is 4. The molecule has 23 heavy (non-hydrogen) atoms. The number of hydrogen-bond donors (Lipinski definition) is 1. The van der Waals surface area contributed by atoms with Crippen LogP contribution in [-0.4, -0.2) is 28.8 Å². The monoisotopic (exact) mass is 310 g/mol. The molecule has 1 aliphatic rings. The maximum absolute atomic E-state index is 12.1. The second-order valence-electron chi connectivity index (χ2n) is 4.77. The van der Waals surface area contributed by atoms with Crippen molar-refractivity contribution in [1.29, 1.82) is 0 Å². The van der Waals surface area contributed by atoms with Crippen molar-refractivity contribution in [1.82, 2.24) is 5.06 Å². The summed E-state index contributed by atoms with van der Waals surface area (Å²) in [5.41, 5.74) is 5.75. The van der Waals surface area contributed by atoms with Crippen molar-refractivity contribution in [3.05, 3.63) is 70.8 Å². The Morgan fingerprint density at radius 2 is 1.30 bits per heavy atom. The molecule has 2 aromatic rings. The predicted octanol–water partition coefficient (Wildman–Crippen LogP) is 1.15. The number of hydroxylamine groups is 2. The SMILES string of the molecule is NC(=O)c1ccc(C(=O)ON2C(=O)c3ccccc3C2=O)cc1. The third-order valence-corrected chi connectivity index (χ3v) is 3.34. The molecule has 3 amide bonds. The molecule has 0 aromatic heterocycles. The first-order chi connectivity index (χ1) is 11.0. The van der Waals surface area contributed by atoms with Crippen LogP contribution in [0.3, 0.4) is 0 Å². The summed E-state index contributed by atoms with van der Waals surface area (Å²) in [7, 11) is 0. The number of hydrogen-bond acceptors (Lipinski definition) is 5. The highest BCUT2D eigenvalue weighted by atomic mass is 16.7. The molecule has 3 rings (SSSR count). The molecule has 0 unspecified atom stereocenters. The number of rotatable bonds is 3. The Morgan fingerprint density at radius 1 is 0.826 bits per heavy atom. The molecule has 0 fully saturated rings. The lowest BCUT2D eigenvalue weighted by atomic mass is 10.1. The Morgan fingerprint density at radius 3 is 1.78 bits per heavy atom. The number of carbonyl (C=O) groups is 4. The van der Waals surface area contributed by atoms with E-state index in [1.165, 1.54) is 36.4 Å². The Hall–Kier alpha value is -3.48. The van der Waals surface area contributed by atoms with E-state index in [-0.39, 0.29) is 22.3 Å². The lowest BCUT2D eigenvalue weighted by molar-refractivity contribution is -0.0584. The molecule has 7 nitrogen and oxygen atoms in total. The number of fused-ring (bicyclic) bond motifs is 1. The molecule has 7 heteroatoms. The highest BCUT2D eigenvalue weighted by Gasteiger charge is 2.38. The number of nitrogens with zero attached hydrogens (tertiary/aromatic N) is 1. The summed E-state index contributed by atoms with van der Waals surface area (Å²) in [4.78, 5) is 52.1. The normalized spacial score (nSPS) is 13.0. The molecular weight excluding hydrogens is 300 g/mol. The maximum atomic E-state index is 12.1. The van der Waals surface area contributed by atoms with Crippen LogP contribution in [0.5, 0.6) is 0 Å². The van der Waals surface area contributed by atoms with Gasteiger partial charge in [0.1, 0.15) is 0 Å². The fourth-order valence-corrected chi connectivity index (χ4v) is 2.16. The second-order valence-corrected chi connectivity index (χ2v) is 4.77. The summed E-state index contributed by atoms with van der Waals surface area (Å²) < 4.78 is 0. The van der Waals surface area contributed by atoms with Gasteiger partial charge in [-0.25, -0.2) is 4.79 Å². The van der Waals surface area contributed by atoms with E-state index in [1.54, 1.807) is 12.1 Å². The summed E-state index contributed by atoms with van der Waals surface area (Å²) in [6, 6.07) is 11.5. The fourth-order valence-electron chi connectivity index (χ4n) is 2.16. The van der Waals surface area contributed by atoms with Crippen LogP contribution >= 0.6 is 0 Å². The summed E-state index contributed by atoms with van der Waals surface area (Å²) in [5, 5.41) is 0.426. The van der Waals surface area contributed by atoms with Gasteiger partial charge in [-0.3, -0.25) is 14.4 Å². The van der Waals surface area contributed by atoms with Gasteiger partial charge in [-0.05, 0) is 36.4 Å². The molecule has 0 saturated carbocycles. The van der Waals surface area contributed by atoms with Crippen molar-refractivity contribution in [2.24, 2.45) is 5.73 Å². The van der Waals surface area contributed by atoms with Crippen molar-refractivity contribution in [3.8, 4) is 0 Å². The molecule has 0 bridgehead atoms. The van der Waals surface area contributed by atoms with Crippen LogP contribution in [0.1, 0.15) is 41.4 Å². The van der Waals surface area contributed by atoms with E-state index < -0.39 is 23.7 Å². The standard InChI is InChI=1S/C16H10N2O5/c17-13(19)9-5-7-10(8-6-9)16(22)23-18-14(20)11-3-1-2-4-12(11)15(18)21/h1-8H,(H2,17,19). The lowest BCUT2D eigenvalue weighted by Crippen LogP contribution is -2.32. The minimum absolute atomic E-state index is 0.0755. The number of benzene rings is 2. The predicted molar refractivity (Wildman–Crippen MR) is 77.3 cm³/mol. The van der Waals surface area contributed by atoms with E-state index in [2.05, 4.69) is 0 Å². The van der Waals surface area contributed by atoms with Gasteiger partial charge in [0, 0.05) is 5.56 Å². The largest absolute Gasteiger partial charge is 0.366 e. The Kier molecular flexibility index (Phi) is 3.38. The second kappa shape index (κ2) is 5.38. The Balaban J connectivity index is 1.80. The quantitative estimate of drug-likeness (QED) is 0.856. The Labute approximate surface area is 130 Å². The van der Waals surface area contributed by atoms with E-state index >= 15 is 0 Å². The number of imide groups is 1. The topological polar surface area (TPSA) is 107 Å². The lowest BCUT2D eigenvalue weighted by Gasteiger charge is -2.12. The van der Waals surface area contributed by atoms with Gasteiger partial charge in [0.15, 0.2) is 0 Å². The van der Waals surface area contributed by atoms with Crippen molar-refractivity contribution in [2.45, 2.75) is 0 Å². The molecule has 1 heterocycles. The first-order valence-electron chi connectivity index (χ1n) is 6.59. The van der Waals surface area contributed by atoms with Crippen LogP contribution in [-0.2, 0) is 4.84 Å². The van der Waals surface area contributed by atoms with E-state index in [1.807, 2.05) is 0 Å². The van der Waals surface area contributed by atoms with Crippen molar-refractivity contribution in [3.63, 3.8) is 0 Å². The molecule has 1 aliphatic heterocycles. The van der Waals surface area contributed by atoms with E-state index in [0.717, 1.165) is 0 Å². The molecule has 2 N–H and O–H groups in total.